The summed E-state index contributed by atoms with van der Waals surface area (Å²) >= 11 is 0. The van der Waals surface area contributed by atoms with Crippen LogP contribution in [0.25, 0.3) is 0 Å². The van der Waals surface area contributed by atoms with Crippen molar-refractivity contribution >= 4 is 17.9 Å². The molecular formula is C10H12N2O5. The zero-order valence-corrected chi connectivity index (χ0v) is 9.25. The van der Waals surface area contributed by atoms with Gasteiger partial charge in [-0.1, -0.05) is 0 Å². The number of aromatic nitrogens is 1. The molecule has 7 heteroatoms. The van der Waals surface area contributed by atoms with Gasteiger partial charge in [-0.3, -0.25) is 9.69 Å². The van der Waals surface area contributed by atoms with E-state index in [1.54, 1.807) is 6.92 Å². The van der Waals surface area contributed by atoms with Gasteiger partial charge in [0.1, 0.15) is 6.26 Å². The zero-order chi connectivity index (χ0) is 12.4. The lowest BCUT2D eigenvalue weighted by atomic mass is 10.3. The van der Waals surface area contributed by atoms with Crippen LogP contribution in [0.5, 0.6) is 0 Å². The van der Waals surface area contributed by atoms with Gasteiger partial charge in [0.2, 0.25) is 5.91 Å². The van der Waals surface area contributed by atoms with Gasteiger partial charge in [0, 0.05) is 0 Å². The summed E-state index contributed by atoms with van der Waals surface area (Å²) in [5.41, 5.74) is 0.0102. The Labute approximate surface area is 97.0 Å². The molecule has 1 aliphatic heterocycles. The number of esters is 1. The monoisotopic (exact) mass is 240 g/mol. The number of ether oxygens (including phenoxy) is 1. The maximum absolute atomic E-state index is 11.4. The van der Waals surface area contributed by atoms with E-state index in [4.69, 9.17) is 9.15 Å². The van der Waals surface area contributed by atoms with Crippen molar-refractivity contribution in [1.82, 2.24) is 4.98 Å². The normalized spacial score (nSPS) is 19.8. The summed E-state index contributed by atoms with van der Waals surface area (Å²) in [4.78, 5) is 27.8. The van der Waals surface area contributed by atoms with Gasteiger partial charge in [-0.05, 0) is 6.92 Å². The molecule has 1 amide bonds. The maximum atomic E-state index is 11.4. The Morgan fingerprint density at radius 3 is 3.12 bits per heavy atom. The number of carbonyl (C=O) groups is 2. The number of amides is 1. The first kappa shape index (κ1) is 11.6. The first-order valence-corrected chi connectivity index (χ1v) is 5.23. The topological polar surface area (TPSA) is 92.9 Å². The minimum atomic E-state index is -0.722. The largest absolute Gasteiger partial charge is 0.461 e. The smallest absolute Gasteiger partial charge is 0.360 e. The van der Waals surface area contributed by atoms with Gasteiger partial charge in [-0.15, -0.1) is 0 Å². The molecule has 1 aromatic rings. The molecule has 92 valence electrons. The van der Waals surface area contributed by atoms with Crippen molar-refractivity contribution in [2.45, 2.75) is 19.4 Å². The van der Waals surface area contributed by atoms with E-state index in [2.05, 4.69) is 4.98 Å². The fraction of sp³-hybridized carbons (Fsp3) is 0.500. The summed E-state index contributed by atoms with van der Waals surface area (Å²) in [7, 11) is 0. The Morgan fingerprint density at radius 2 is 2.53 bits per heavy atom. The minimum Gasteiger partial charge on any atom is -0.461 e. The van der Waals surface area contributed by atoms with Crippen molar-refractivity contribution in [3.8, 4) is 0 Å². The summed E-state index contributed by atoms with van der Waals surface area (Å²) in [6, 6.07) is 0.00889. The Morgan fingerprint density at radius 1 is 1.76 bits per heavy atom. The van der Waals surface area contributed by atoms with Crippen LogP contribution >= 0.6 is 0 Å². The summed E-state index contributed by atoms with van der Waals surface area (Å²) in [5.74, 6) is -0.885. The molecule has 1 unspecified atom stereocenters. The van der Waals surface area contributed by atoms with Crippen molar-refractivity contribution in [1.29, 1.82) is 0 Å². The molecule has 1 aromatic heterocycles. The van der Waals surface area contributed by atoms with Crippen LogP contribution in [0, 0.1) is 0 Å². The van der Waals surface area contributed by atoms with E-state index < -0.39 is 12.1 Å². The number of aliphatic hydroxyl groups excluding tert-OH is 1. The molecule has 1 N–H and O–H groups in total. The van der Waals surface area contributed by atoms with Gasteiger partial charge < -0.3 is 14.3 Å². The van der Waals surface area contributed by atoms with E-state index in [0.29, 0.717) is 0 Å². The molecule has 1 aliphatic rings. The summed E-state index contributed by atoms with van der Waals surface area (Å²) in [5, 5.41) is 9.31. The molecule has 0 saturated carbocycles. The van der Waals surface area contributed by atoms with Gasteiger partial charge in [-0.2, -0.15) is 4.98 Å². The van der Waals surface area contributed by atoms with Gasteiger partial charge in [-0.25, -0.2) is 4.79 Å². The number of carbonyl (C=O) groups excluding carboxylic acids is 2. The Bertz CT molecular complexity index is 442. The zero-order valence-electron chi connectivity index (χ0n) is 9.25. The molecule has 0 aliphatic carbocycles. The summed E-state index contributed by atoms with van der Waals surface area (Å²) in [6.07, 6.45) is 0.447. The lowest BCUT2D eigenvalue weighted by Crippen LogP contribution is -2.25. The highest BCUT2D eigenvalue weighted by molar-refractivity contribution is 5.95. The molecule has 0 bridgehead atoms. The third kappa shape index (κ3) is 2.28. The molecule has 1 fully saturated rings. The van der Waals surface area contributed by atoms with Crippen LogP contribution in [-0.2, 0) is 9.53 Å². The highest BCUT2D eigenvalue weighted by Gasteiger charge is 2.32. The van der Waals surface area contributed by atoms with Crippen LogP contribution in [0.2, 0.25) is 0 Å². The van der Waals surface area contributed by atoms with Crippen LogP contribution in [-0.4, -0.2) is 41.2 Å². The van der Waals surface area contributed by atoms with Crippen LogP contribution in [0.1, 0.15) is 23.8 Å². The number of nitrogens with zero attached hydrogens (tertiary/aromatic N) is 2. The van der Waals surface area contributed by atoms with E-state index in [-0.39, 0.29) is 37.2 Å². The maximum Gasteiger partial charge on any atom is 0.360 e. The number of β-amino-alcohol motifs (C(OH)–C–C–N with tert-alkyl or cyclic N) is 1. The number of rotatable bonds is 3. The van der Waals surface area contributed by atoms with E-state index in [9.17, 15) is 14.7 Å². The van der Waals surface area contributed by atoms with Crippen LogP contribution in [0.3, 0.4) is 0 Å². The second-order valence-electron chi connectivity index (χ2n) is 3.60. The van der Waals surface area contributed by atoms with Gasteiger partial charge in [0.05, 0.1) is 25.7 Å². The van der Waals surface area contributed by atoms with Gasteiger partial charge in [0.15, 0.2) is 5.69 Å². The molecule has 17 heavy (non-hydrogen) atoms. The predicted octanol–water partition coefficient (Wildman–Crippen LogP) is -0.0511. The van der Waals surface area contributed by atoms with Crippen LogP contribution in [0.15, 0.2) is 10.7 Å². The lowest BCUT2D eigenvalue weighted by molar-refractivity contribution is -0.117. The highest BCUT2D eigenvalue weighted by atomic mass is 16.5. The van der Waals surface area contributed by atoms with Gasteiger partial charge in [0.25, 0.3) is 0 Å². The van der Waals surface area contributed by atoms with E-state index in [0.717, 1.165) is 6.26 Å². The SMILES string of the molecule is CCOC(=O)c1coc(N2CC(O)CC2=O)n1. The van der Waals surface area contributed by atoms with Crippen LogP contribution in [0.4, 0.5) is 6.01 Å². The van der Waals surface area contributed by atoms with Crippen LogP contribution < -0.4 is 4.90 Å². The highest BCUT2D eigenvalue weighted by Crippen LogP contribution is 2.20. The predicted molar refractivity (Wildman–Crippen MR) is 55.4 cm³/mol. The molecule has 2 rings (SSSR count). The molecule has 2 heterocycles. The standard InChI is InChI=1S/C10H12N2O5/c1-2-16-9(15)7-5-17-10(11-7)12-4-6(13)3-8(12)14/h5-6,13H,2-4H2,1H3. The van der Waals surface area contributed by atoms with E-state index >= 15 is 0 Å². The van der Waals surface area contributed by atoms with Crippen molar-refractivity contribution in [3.63, 3.8) is 0 Å². The number of oxazole rings is 1. The average Bonchev–Trinajstić information content (AvgIpc) is 2.85. The number of hydrogen-bond donors (Lipinski definition) is 1. The minimum absolute atomic E-state index is 0.00889. The first-order chi connectivity index (χ1) is 8.11. The Balaban J connectivity index is 2.13. The lowest BCUT2D eigenvalue weighted by Gasteiger charge is -2.08. The van der Waals surface area contributed by atoms with Crippen molar-refractivity contribution in [3.05, 3.63) is 12.0 Å². The molecule has 0 spiro atoms. The van der Waals surface area contributed by atoms with E-state index in [1.807, 2.05) is 0 Å². The van der Waals surface area contributed by atoms with E-state index in [1.165, 1.54) is 4.90 Å². The summed E-state index contributed by atoms with van der Waals surface area (Å²) < 4.78 is 9.75. The van der Waals surface area contributed by atoms with Gasteiger partial charge >= 0.3 is 12.0 Å². The molecule has 7 nitrogen and oxygen atoms in total. The second kappa shape index (κ2) is 4.54. The fourth-order valence-corrected chi connectivity index (χ4v) is 1.56. The summed E-state index contributed by atoms with van der Waals surface area (Å²) in [6.45, 7) is 2.04. The molecule has 0 radical (unpaired) electrons. The van der Waals surface area contributed by atoms with Crippen molar-refractivity contribution in [2.75, 3.05) is 18.1 Å². The Hall–Kier alpha value is -1.89. The Kier molecular flexibility index (Phi) is 3.10. The number of anilines is 1. The molecular weight excluding hydrogens is 228 g/mol. The molecule has 1 atom stereocenters. The third-order valence-corrected chi connectivity index (χ3v) is 2.31. The molecule has 1 saturated heterocycles. The fourth-order valence-electron chi connectivity index (χ4n) is 1.56. The quantitative estimate of drug-likeness (QED) is 0.744. The third-order valence-electron chi connectivity index (χ3n) is 2.31. The second-order valence-corrected chi connectivity index (χ2v) is 3.60. The number of aliphatic hydroxyl groups is 1. The molecule has 0 aromatic carbocycles. The number of hydrogen-bond acceptors (Lipinski definition) is 6. The first-order valence-electron chi connectivity index (χ1n) is 5.23. The van der Waals surface area contributed by atoms with Crippen molar-refractivity contribution in [2.24, 2.45) is 0 Å². The van der Waals surface area contributed by atoms with Crippen molar-refractivity contribution < 1.29 is 23.8 Å². The average molecular weight is 240 g/mol.